The smallest absolute Gasteiger partial charge is 0.347 e. The van der Waals surface area contributed by atoms with Gasteiger partial charge in [0.2, 0.25) is 0 Å². The first-order chi connectivity index (χ1) is 17.3. The normalized spacial score (nSPS) is 14.4. The van der Waals surface area contributed by atoms with Crippen molar-refractivity contribution in [1.82, 2.24) is 24.9 Å². The van der Waals surface area contributed by atoms with Crippen LogP contribution in [-0.4, -0.2) is 31.5 Å². The topological polar surface area (TPSA) is 91.5 Å². The van der Waals surface area contributed by atoms with Crippen LogP contribution in [0.5, 0.6) is 0 Å². The van der Waals surface area contributed by atoms with E-state index in [4.69, 9.17) is 5.26 Å². The number of fused-ring (bicyclic) bond motifs is 1. The van der Waals surface area contributed by atoms with Crippen molar-refractivity contribution in [2.24, 2.45) is 5.92 Å². The first-order valence-corrected chi connectivity index (χ1v) is 12.0. The van der Waals surface area contributed by atoms with Gasteiger partial charge >= 0.3 is 6.18 Å². The number of halogens is 4. The van der Waals surface area contributed by atoms with Crippen molar-refractivity contribution in [2.75, 3.05) is 11.4 Å². The third-order valence-electron chi connectivity index (χ3n) is 6.14. The third kappa shape index (κ3) is 4.73. The maximum atomic E-state index is 13.8. The highest BCUT2D eigenvalue weighted by atomic mass is 79.9. The van der Waals surface area contributed by atoms with Crippen molar-refractivity contribution >= 4 is 32.7 Å². The average molecular weight is 554 g/mol. The summed E-state index contributed by atoms with van der Waals surface area (Å²) in [6, 6.07) is 7.66. The molecule has 3 aromatic heterocycles. The van der Waals surface area contributed by atoms with Gasteiger partial charge in [-0.3, -0.25) is 15.0 Å². The Morgan fingerprint density at radius 2 is 1.89 bits per heavy atom. The SMILES string of the molecule is CC(c1nccnc1-c1ccc(C#N)cn1)N(CC1CC1)c1ncnc2c(C(F)(F)F)cc(Br)cc12. The molecule has 1 aromatic carbocycles. The van der Waals surface area contributed by atoms with Crippen LogP contribution in [0.4, 0.5) is 19.0 Å². The van der Waals surface area contributed by atoms with Gasteiger partial charge in [-0.25, -0.2) is 9.97 Å². The van der Waals surface area contributed by atoms with E-state index in [1.165, 1.54) is 12.5 Å². The summed E-state index contributed by atoms with van der Waals surface area (Å²) >= 11 is 3.23. The second-order valence-electron chi connectivity index (χ2n) is 8.65. The van der Waals surface area contributed by atoms with Crippen LogP contribution < -0.4 is 4.90 Å². The minimum absolute atomic E-state index is 0.156. The predicted molar refractivity (Wildman–Crippen MR) is 131 cm³/mol. The van der Waals surface area contributed by atoms with E-state index in [-0.39, 0.29) is 5.52 Å². The number of rotatable bonds is 6. The summed E-state index contributed by atoms with van der Waals surface area (Å²) in [5.41, 5.74) is 1.13. The molecule has 1 saturated carbocycles. The standard InChI is InChI=1S/C25H19BrF3N7/c1-14(21-23(32-7-6-31-21)20-5-4-16(10-30)11-33-20)36(12-15-2-3-15)24-18-8-17(26)9-19(25(27,28)29)22(18)34-13-35-24/h4-9,11,13-15H,2-3,12H2,1H3. The van der Waals surface area contributed by atoms with Crippen molar-refractivity contribution in [3.05, 3.63) is 70.5 Å². The third-order valence-corrected chi connectivity index (χ3v) is 6.59. The van der Waals surface area contributed by atoms with E-state index in [0.29, 0.717) is 50.8 Å². The summed E-state index contributed by atoms with van der Waals surface area (Å²) in [6.45, 7) is 2.52. The summed E-state index contributed by atoms with van der Waals surface area (Å²) in [6.07, 6.45) is 3.28. The highest BCUT2D eigenvalue weighted by Crippen LogP contribution is 2.42. The van der Waals surface area contributed by atoms with Crippen LogP contribution in [0.25, 0.3) is 22.3 Å². The molecule has 0 N–H and O–H groups in total. The largest absolute Gasteiger partial charge is 0.418 e. The van der Waals surface area contributed by atoms with Gasteiger partial charge in [0.15, 0.2) is 0 Å². The molecule has 1 unspecified atom stereocenters. The number of hydrogen-bond acceptors (Lipinski definition) is 7. The number of hydrogen-bond donors (Lipinski definition) is 0. The Bertz CT molecular complexity index is 1460. The summed E-state index contributed by atoms with van der Waals surface area (Å²) in [5.74, 6) is 0.801. The molecular formula is C25H19BrF3N7. The molecule has 36 heavy (non-hydrogen) atoms. The van der Waals surface area contributed by atoms with Crippen LogP contribution in [-0.2, 0) is 6.18 Å². The van der Waals surface area contributed by atoms with Gasteiger partial charge in [0.25, 0.3) is 0 Å². The molecule has 5 rings (SSSR count). The summed E-state index contributed by atoms with van der Waals surface area (Å²) in [7, 11) is 0. The van der Waals surface area contributed by atoms with Gasteiger partial charge in [0.05, 0.1) is 34.1 Å². The van der Waals surface area contributed by atoms with E-state index < -0.39 is 17.8 Å². The van der Waals surface area contributed by atoms with Crippen molar-refractivity contribution in [3.8, 4) is 17.5 Å². The minimum Gasteiger partial charge on any atom is -0.347 e. The van der Waals surface area contributed by atoms with Gasteiger partial charge in [0.1, 0.15) is 23.9 Å². The van der Waals surface area contributed by atoms with Gasteiger partial charge in [-0.1, -0.05) is 15.9 Å². The van der Waals surface area contributed by atoms with E-state index in [0.717, 1.165) is 18.9 Å². The lowest BCUT2D eigenvalue weighted by Crippen LogP contribution is -2.31. The highest BCUT2D eigenvalue weighted by Gasteiger charge is 2.36. The summed E-state index contributed by atoms with van der Waals surface area (Å²) < 4.78 is 41.8. The van der Waals surface area contributed by atoms with E-state index in [1.807, 2.05) is 17.9 Å². The molecule has 7 nitrogen and oxygen atoms in total. The number of anilines is 1. The molecule has 0 spiro atoms. The van der Waals surface area contributed by atoms with Gasteiger partial charge in [0, 0.05) is 35.0 Å². The lowest BCUT2D eigenvalue weighted by molar-refractivity contribution is -0.136. The van der Waals surface area contributed by atoms with Gasteiger partial charge in [-0.15, -0.1) is 0 Å². The van der Waals surface area contributed by atoms with Crippen molar-refractivity contribution in [1.29, 1.82) is 5.26 Å². The molecule has 4 aromatic rings. The van der Waals surface area contributed by atoms with Gasteiger partial charge in [-0.2, -0.15) is 18.4 Å². The summed E-state index contributed by atoms with van der Waals surface area (Å²) in [4.78, 5) is 23.9. The van der Waals surface area contributed by atoms with Crippen LogP contribution in [0, 0.1) is 17.2 Å². The fourth-order valence-electron chi connectivity index (χ4n) is 4.17. The average Bonchev–Trinajstić information content (AvgIpc) is 3.70. The predicted octanol–water partition coefficient (Wildman–Crippen LogP) is 6.11. The van der Waals surface area contributed by atoms with E-state index >= 15 is 0 Å². The number of alkyl halides is 3. The minimum atomic E-state index is -4.57. The molecular weight excluding hydrogens is 535 g/mol. The van der Waals surface area contributed by atoms with E-state index in [1.54, 1.807) is 30.6 Å². The van der Waals surface area contributed by atoms with Crippen molar-refractivity contribution in [3.63, 3.8) is 0 Å². The molecule has 0 radical (unpaired) electrons. The zero-order valence-corrected chi connectivity index (χ0v) is 20.6. The van der Waals surface area contributed by atoms with Crippen LogP contribution in [0.15, 0.2) is 53.7 Å². The molecule has 0 aliphatic heterocycles. The molecule has 11 heteroatoms. The number of aromatic nitrogens is 5. The first kappa shape index (κ1) is 24.1. The Hall–Kier alpha value is -3.65. The molecule has 1 atom stereocenters. The molecule has 1 aliphatic rings. The monoisotopic (exact) mass is 553 g/mol. The van der Waals surface area contributed by atoms with Crippen LogP contribution in [0.2, 0.25) is 0 Å². The molecule has 1 aliphatic carbocycles. The molecule has 0 bridgehead atoms. The Morgan fingerprint density at radius 3 is 2.56 bits per heavy atom. The zero-order valence-electron chi connectivity index (χ0n) is 19.0. The van der Waals surface area contributed by atoms with E-state index in [9.17, 15) is 13.2 Å². The highest BCUT2D eigenvalue weighted by molar-refractivity contribution is 9.10. The zero-order chi connectivity index (χ0) is 25.4. The van der Waals surface area contributed by atoms with Crippen LogP contribution in [0.3, 0.4) is 0 Å². The number of pyridine rings is 1. The molecule has 1 fully saturated rings. The fourth-order valence-corrected chi connectivity index (χ4v) is 4.63. The Kier molecular flexibility index (Phi) is 6.30. The Morgan fingerprint density at radius 1 is 1.11 bits per heavy atom. The molecule has 182 valence electrons. The lowest BCUT2D eigenvalue weighted by atomic mass is 10.1. The maximum absolute atomic E-state index is 13.8. The number of nitrogens with zero attached hydrogens (tertiary/aromatic N) is 7. The van der Waals surface area contributed by atoms with E-state index in [2.05, 4.69) is 40.8 Å². The van der Waals surface area contributed by atoms with Crippen molar-refractivity contribution < 1.29 is 13.2 Å². The molecule has 3 heterocycles. The second-order valence-corrected chi connectivity index (χ2v) is 9.57. The Balaban J connectivity index is 1.65. The number of benzene rings is 1. The van der Waals surface area contributed by atoms with Gasteiger partial charge < -0.3 is 4.90 Å². The maximum Gasteiger partial charge on any atom is 0.418 e. The van der Waals surface area contributed by atoms with Crippen molar-refractivity contribution in [2.45, 2.75) is 32.0 Å². The second kappa shape index (κ2) is 9.43. The first-order valence-electron chi connectivity index (χ1n) is 11.2. The van der Waals surface area contributed by atoms with Crippen LogP contribution >= 0.6 is 15.9 Å². The fraction of sp³-hybridized carbons (Fsp3) is 0.280. The Labute approximate surface area is 213 Å². The molecule has 0 amide bonds. The molecule has 0 saturated heterocycles. The van der Waals surface area contributed by atoms with Gasteiger partial charge in [-0.05, 0) is 49.9 Å². The summed E-state index contributed by atoms with van der Waals surface area (Å²) in [5, 5.41) is 9.40. The van der Waals surface area contributed by atoms with Crippen LogP contribution in [0.1, 0.15) is 42.6 Å². The number of nitriles is 1. The lowest BCUT2D eigenvalue weighted by Gasteiger charge is -2.31. The quantitative estimate of drug-likeness (QED) is 0.284.